The minimum absolute atomic E-state index is 0.0715. The highest BCUT2D eigenvalue weighted by Crippen LogP contribution is 2.23. The van der Waals surface area contributed by atoms with Crippen molar-refractivity contribution in [3.63, 3.8) is 0 Å². The Morgan fingerprint density at radius 2 is 1.69 bits per heavy atom. The van der Waals surface area contributed by atoms with Crippen molar-refractivity contribution in [1.82, 2.24) is 4.83 Å². The molecule has 0 unspecified atom stereocenters. The molecule has 5 nitrogen and oxygen atoms in total. The maximum absolute atomic E-state index is 12.6. The molecule has 2 aromatic rings. The SMILES string of the molecule is C/C(=N/NS(=O)(=O)c1cc(C)ccc1C)c1cc(C)ccc1OC(F)F. The van der Waals surface area contributed by atoms with E-state index in [4.69, 9.17) is 0 Å². The average molecular weight is 382 g/mol. The van der Waals surface area contributed by atoms with Gasteiger partial charge in [-0.1, -0.05) is 23.8 Å². The van der Waals surface area contributed by atoms with Crippen LogP contribution in [0.1, 0.15) is 29.2 Å². The van der Waals surface area contributed by atoms with Crippen molar-refractivity contribution >= 4 is 15.7 Å². The molecule has 0 aliphatic heterocycles. The fourth-order valence-electron chi connectivity index (χ4n) is 2.36. The van der Waals surface area contributed by atoms with Gasteiger partial charge in [-0.25, -0.2) is 0 Å². The van der Waals surface area contributed by atoms with Gasteiger partial charge in [-0.2, -0.15) is 27.1 Å². The molecule has 0 amide bonds. The van der Waals surface area contributed by atoms with E-state index in [1.165, 1.54) is 13.0 Å². The van der Waals surface area contributed by atoms with Gasteiger partial charge in [0.25, 0.3) is 10.0 Å². The number of aryl methyl sites for hydroxylation is 3. The Morgan fingerprint density at radius 3 is 2.35 bits per heavy atom. The summed E-state index contributed by atoms with van der Waals surface area (Å²) in [4.78, 5) is 2.27. The van der Waals surface area contributed by atoms with Crippen LogP contribution < -0.4 is 9.57 Å². The van der Waals surface area contributed by atoms with Crippen molar-refractivity contribution in [2.75, 3.05) is 0 Å². The van der Waals surface area contributed by atoms with Gasteiger partial charge in [0.05, 0.1) is 10.6 Å². The Labute approximate surface area is 151 Å². The number of hydrazone groups is 1. The molecule has 0 bridgehead atoms. The smallest absolute Gasteiger partial charge is 0.387 e. The molecular formula is C18H20F2N2O3S. The molecule has 0 spiro atoms. The average Bonchev–Trinajstić information content (AvgIpc) is 2.56. The zero-order valence-corrected chi connectivity index (χ0v) is 15.7. The van der Waals surface area contributed by atoms with Gasteiger partial charge in [0.2, 0.25) is 0 Å². The van der Waals surface area contributed by atoms with Crippen molar-refractivity contribution in [3.8, 4) is 5.75 Å². The Kier molecular flexibility index (Phi) is 5.97. The van der Waals surface area contributed by atoms with E-state index in [9.17, 15) is 17.2 Å². The lowest BCUT2D eigenvalue weighted by molar-refractivity contribution is -0.0499. The van der Waals surface area contributed by atoms with Crippen LogP contribution in [0.25, 0.3) is 0 Å². The number of ether oxygens (including phenoxy) is 1. The van der Waals surface area contributed by atoms with Crippen LogP contribution in [0.4, 0.5) is 8.78 Å². The van der Waals surface area contributed by atoms with E-state index in [1.807, 2.05) is 6.07 Å². The summed E-state index contributed by atoms with van der Waals surface area (Å²) in [5.41, 5.74) is 2.66. The Morgan fingerprint density at radius 1 is 1.08 bits per heavy atom. The monoisotopic (exact) mass is 382 g/mol. The van der Waals surface area contributed by atoms with Gasteiger partial charge >= 0.3 is 6.61 Å². The van der Waals surface area contributed by atoms with Crippen LogP contribution in [0.5, 0.6) is 5.75 Å². The van der Waals surface area contributed by atoms with Crippen molar-refractivity contribution in [2.24, 2.45) is 5.10 Å². The highest BCUT2D eigenvalue weighted by atomic mass is 32.2. The summed E-state index contributed by atoms with van der Waals surface area (Å²) in [6.45, 7) is 3.77. The molecule has 1 N–H and O–H groups in total. The van der Waals surface area contributed by atoms with E-state index in [2.05, 4.69) is 14.7 Å². The first kappa shape index (κ1) is 19.8. The molecule has 2 aromatic carbocycles. The van der Waals surface area contributed by atoms with Gasteiger partial charge in [0, 0.05) is 5.56 Å². The van der Waals surface area contributed by atoms with Crippen LogP contribution in [-0.4, -0.2) is 20.7 Å². The minimum atomic E-state index is -3.89. The van der Waals surface area contributed by atoms with Crippen LogP contribution >= 0.6 is 0 Å². The number of nitrogens with zero attached hydrogens (tertiary/aromatic N) is 1. The molecule has 140 valence electrons. The third-order valence-corrected chi connectivity index (χ3v) is 5.06. The number of hydrogen-bond acceptors (Lipinski definition) is 4. The zero-order valence-electron chi connectivity index (χ0n) is 14.9. The molecule has 0 radical (unpaired) electrons. The summed E-state index contributed by atoms with van der Waals surface area (Å²) in [7, 11) is -3.89. The van der Waals surface area contributed by atoms with E-state index in [-0.39, 0.29) is 21.9 Å². The number of alkyl halides is 2. The highest BCUT2D eigenvalue weighted by molar-refractivity contribution is 7.89. The fraction of sp³-hybridized carbons (Fsp3) is 0.278. The second kappa shape index (κ2) is 7.82. The number of hydrogen-bond donors (Lipinski definition) is 1. The summed E-state index contributed by atoms with van der Waals surface area (Å²) >= 11 is 0. The molecule has 0 heterocycles. The first-order valence-electron chi connectivity index (χ1n) is 7.79. The second-order valence-corrected chi connectivity index (χ2v) is 7.57. The fourth-order valence-corrected chi connectivity index (χ4v) is 3.55. The maximum Gasteiger partial charge on any atom is 0.387 e. The molecular weight excluding hydrogens is 362 g/mol. The molecule has 0 saturated heterocycles. The van der Waals surface area contributed by atoms with Gasteiger partial charge in [0.1, 0.15) is 5.75 Å². The Bertz CT molecular complexity index is 941. The quantitative estimate of drug-likeness (QED) is 0.608. The van der Waals surface area contributed by atoms with Crippen molar-refractivity contribution in [3.05, 3.63) is 58.7 Å². The van der Waals surface area contributed by atoms with E-state index in [0.29, 0.717) is 5.56 Å². The number of nitrogens with one attached hydrogen (secondary N) is 1. The van der Waals surface area contributed by atoms with Gasteiger partial charge in [0.15, 0.2) is 0 Å². The predicted molar refractivity (Wildman–Crippen MR) is 96.3 cm³/mol. The molecule has 0 atom stereocenters. The third-order valence-electron chi connectivity index (χ3n) is 3.71. The molecule has 0 saturated carbocycles. The summed E-state index contributed by atoms with van der Waals surface area (Å²) in [5.74, 6) is -0.0715. The number of benzene rings is 2. The summed E-state index contributed by atoms with van der Waals surface area (Å²) < 4.78 is 54.6. The first-order chi connectivity index (χ1) is 12.1. The number of sulfonamides is 1. The van der Waals surface area contributed by atoms with Crippen LogP contribution in [0, 0.1) is 20.8 Å². The highest BCUT2D eigenvalue weighted by Gasteiger charge is 2.17. The molecule has 0 aliphatic carbocycles. The molecule has 26 heavy (non-hydrogen) atoms. The van der Waals surface area contributed by atoms with Gasteiger partial charge in [-0.05, 0) is 57.0 Å². The van der Waals surface area contributed by atoms with Crippen LogP contribution in [0.15, 0.2) is 46.4 Å². The van der Waals surface area contributed by atoms with Crippen LogP contribution in [0.3, 0.4) is 0 Å². The van der Waals surface area contributed by atoms with E-state index in [1.54, 1.807) is 45.0 Å². The van der Waals surface area contributed by atoms with E-state index >= 15 is 0 Å². The normalized spacial score (nSPS) is 12.3. The summed E-state index contributed by atoms with van der Waals surface area (Å²) in [5, 5.41) is 3.88. The van der Waals surface area contributed by atoms with Gasteiger partial charge < -0.3 is 4.74 Å². The topological polar surface area (TPSA) is 67.8 Å². The molecule has 0 aliphatic rings. The number of rotatable bonds is 6. The number of halogens is 2. The molecule has 0 fully saturated rings. The standard InChI is InChI=1S/C18H20F2N2O3S/c1-11-6-8-16(25-18(19)20)15(9-11)14(4)21-22-26(23,24)17-10-12(2)5-7-13(17)3/h5-10,18,22H,1-4H3/b21-14-. The van der Waals surface area contributed by atoms with Gasteiger partial charge in [-0.15, -0.1) is 0 Å². The third kappa shape index (κ3) is 4.78. The minimum Gasteiger partial charge on any atom is -0.434 e. The van der Waals surface area contributed by atoms with Crippen molar-refractivity contribution < 1.29 is 21.9 Å². The summed E-state index contributed by atoms with van der Waals surface area (Å²) in [6.07, 6.45) is 0. The molecule has 0 aromatic heterocycles. The lowest BCUT2D eigenvalue weighted by Crippen LogP contribution is -2.21. The maximum atomic E-state index is 12.6. The summed E-state index contributed by atoms with van der Waals surface area (Å²) in [6, 6.07) is 9.67. The Balaban J connectivity index is 2.36. The largest absolute Gasteiger partial charge is 0.434 e. The van der Waals surface area contributed by atoms with E-state index < -0.39 is 16.6 Å². The zero-order chi connectivity index (χ0) is 19.5. The van der Waals surface area contributed by atoms with Crippen molar-refractivity contribution in [1.29, 1.82) is 0 Å². The van der Waals surface area contributed by atoms with Gasteiger partial charge in [-0.3, -0.25) is 0 Å². The lowest BCUT2D eigenvalue weighted by Gasteiger charge is -2.12. The van der Waals surface area contributed by atoms with Crippen LogP contribution in [0.2, 0.25) is 0 Å². The molecule has 2 rings (SSSR count). The lowest BCUT2D eigenvalue weighted by atomic mass is 10.1. The van der Waals surface area contributed by atoms with E-state index in [0.717, 1.165) is 11.1 Å². The first-order valence-corrected chi connectivity index (χ1v) is 9.27. The molecule has 8 heteroatoms. The Hall–Kier alpha value is -2.48. The second-order valence-electron chi connectivity index (χ2n) is 5.94. The predicted octanol–water partition coefficient (Wildman–Crippen LogP) is 3.92. The van der Waals surface area contributed by atoms with Crippen LogP contribution in [-0.2, 0) is 10.0 Å². The van der Waals surface area contributed by atoms with Crippen molar-refractivity contribution in [2.45, 2.75) is 39.2 Å².